The number of ether oxygens (including phenoxy) is 2. The molecule has 0 saturated carbocycles. The molecule has 0 aromatic rings. The Morgan fingerprint density at radius 3 is 2.87 bits per heavy atom. The van der Waals surface area contributed by atoms with Crippen LogP contribution in [-0.4, -0.2) is 36.8 Å². The van der Waals surface area contributed by atoms with E-state index in [-0.39, 0.29) is 11.9 Å². The minimum atomic E-state index is -0.122. The predicted molar refractivity (Wildman–Crippen MR) is 62.1 cm³/mol. The summed E-state index contributed by atoms with van der Waals surface area (Å²) in [6.45, 7) is 4.01. The first-order chi connectivity index (χ1) is 7.13. The lowest BCUT2D eigenvalue weighted by Crippen LogP contribution is -2.17. The molecule has 0 amide bonds. The zero-order chi connectivity index (χ0) is 11.3. The topological polar surface area (TPSA) is 35.5 Å². The lowest BCUT2D eigenvalue weighted by molar-refractivity contribution is -0.144. The van der Waals surface area contributed by atoms with Crippen molar-refractivity contribution in [2.75, 3.05) is 18.6 Å². The molecular formula is C11H20O3S. The minimum absolute atomic E-state index is 0.0150. The van der Waals surface area contributed by atoms with Gasteiger partial charge in [0, 0.05) is 11.5 Å². The van der Waals surface area contributed by atoms with Crippen LogP contribution < -0.4 is 0 Å². The molecule has 0 aromatic heterocycles. The standard InChI is InChI=1S/C11H20O3S/c1-8(11(12)13-3)6-15-7-10-5-4-9(2)14-10/h8-10H,4-7H2,1-3H3. The van der Waals surface area contributed by atoms with Crippen LogP contribution in [0.2, 0.25) is 0 Å². The van der Waals surface area contributed by atoms with Crippen molar-refractivity contribution < 1.29 is 14.3 Å². The molecule has 88 valence electrons. The molecule has 0 aromatic carbocycles. The molecule has 3 unspecified atom stereocenters. The molecule has 3 atom stereocenters. The van der Waals surface area contributed by atoms with Crippen LogP contribution in [0.25, 0.3) is 0 Å². The van der Waals surface area contributed by atoms with Crippen LogP contribution in [0, 0.1) is 5.92 Å². The summed E-state index contributed by atoms with van der Waals surface area (Å²) in [6, 6.07) is 0. The van der Waals surface area contributed by atoms with Gasteiger partial charge in [0.1, 0.15) is 0 Å². The highest BCUT2D eigenvalue weighted by atomic mass is 32.2. The smallest absolute Gasteiger partial charge is 0.309 e. The first kappa shape index (κ1) is 12.8. The summed E-state index contributed by atoms with van der Waals surface area (Å²) < 4.78 is 10.4. The zero-order valence-electron chi connectivity index (χ0n) is 9.69. The molecular weight excluding hydrogens is 212 g/mol. The maximum Gasteiger partial charge on any atom is 0.309 e. The second kappa shape index (κ2) is 6.38. The Hall–Kier alpha value is -0.220. The van der Waals surface area contributed by atoms with Gasteiger partial charge in [-0.05, 0) is 19.8 Å². The Morgan fingerprint density at radius 1 is 1.60 bits per heavy atom. The third-order valence-corrected chi connectivity index (χ3v) is 3.94. The van der Waals surface area contributed by atoms with E-state index in [9.17, 15) is 4.79 Å². The fraction of sp³-hybridized carbons (Fsp3) is 0.909. The second-order valence-corrected chi connectivity index (χ2v) is 5.18. The van der Waals surface area contributed by atoms with Crippen molar-refractivity contribution in [3.63, 3.8) is 0 Å². The van der Waals surface area contributed by atoms with E-state index in [1.54, 1.807) is 11.8 Å². The van der Waals surface area contributed by atoms with Gasteiger partial charge in [-0.1, -0.05) is 6.92 Å². The van der Waals surface area contributed by atoms with Gasteiger partial charge in [0.25, 0.3) is 0 Å². The summed E-state index contributed by atoms with van der Waals surface area (Å²) in [7, 11) is 1.44. The highest BCUT2D eigenvalue weighted by molar-refractivity contribution is 7.99. The molecule has 1 saturated heterocycles. The van der Waals surface area contributed by atoms with Gasteiger partial charge < -0.3 is 9.47 Å². The molecule has 0 spiro atoms. The molecule has 1 heterocycles. The van der Waals surface area contributed by atoms with Gasteiger partial charge in [0.2, 0.25) is 0 Å². The number of esters is 1. The summed E-state index contributed by atoms with van der Waals surface area (Å²) in [5.41, 5.74) is 0. The average molecular weight is 232 g/mol. The van der Waals surface area contributed by atoms with E-state index in [0.29, 0.717) is 12.2 Å². The van der Waals surface area contributed by atoms with Crippen molar-refractivity contribution in [2.24, 2.45) is 5.92 Å². The van der Waals surface area contributed by atoms with Crippen LogP contribution in [0.1, 0.15) is 26.7 Å². The third kappa shape index (κ3) is 4.43. The van der Waals surface area contributed by atoms with Crippen LogP contribution in [-0.2, 0) is 14.3 Å². The zero-order valence-corrected chi connectivity index (χ0v) is 10.5. The fourth-order valence-electron chi connectivity index (χ4n) is 1.65. The van der Waals surface area contributed by atoms with Gasteiger partial charge in [0.05, 0.1) is 25.2 Å². The molecule has 0 aliphatic carbocycles. The van der Waals surface area contributed by atoms with E-state index >= 15 is 0 Å². The van der Waals surface area contributed by atoms with Gasteiger partial charge in [0.15, 0.2) is 0 Å². The molecule has 15 heavy (non-hydrogen) atoms. The minimum Gasteiger partial charge on any atom is -0.469 e. The monoisotopic (exact) mass is 232 g/mol. The van der Waals surface area contributed by atoms with E-state index in [2.05, 4.69) is 11.7 Å². The van der Waals surface area contributed by atoms with Gasteiger partial charge in [-0.25, -0.2) is 0 Å². The van der Waals surface area contributed by atoms with Crippen molar-refractivity contribution >= 4 is 17.7 Å². The first-order valence-electron chi connectivity index (χ1n) is 5.44. The molecule has 1 aliphatic heterocycles. The fourth-order valence-corrected chi connectivity index (χ4v) is 2.79. The Bertz CT molecular complexity index is 208. The predicted octanol–water partition coefficient (Wildman–Crippen LogP) is 2.10. The number of hydrogen-bond donors (Lipinski definition) is 0. The number of carbonyl (C=O) groups is 1. The Kier molecular flexibility index (Phi) is 5.47. The van der Waals surface area contributed by atoms with E-state index in [1.165, 1.54) is 7.11 Å². The van der Waals surface area contributed by atoms with Crippen LogP contribution in [0.5, 0.6) is 0 Å². The van der Waals surface area contributed by atoms with Crippen LogP contribution in [0.15, 0.2) is 0 Å². The SMILES string of the molecule is COC(=O)C(C)CSCC1CCC(C)O1. The number of rotatable bonds is 5. The summed E-state index contributed by atoms with van der Waals surface area (Å²) in [6.07, 6.45) is 3.11. The molecule has 0 radical (unpaired) electrons. The van der Waals surface area contributed by atoms with Crippen molar-refractivity contribution in [1.29, 1.82) is 0 Å². The molecule has 4 heteroatoms. The lowest BCUT2D eigenvalue weighted by Gasteiger charge is -2.12. The summed E-state index contributed by atoms with van der Waals surface area (Å²) >= 11 is 1.78. The van der Waals surface area contributed by atoms with Gasteiger partial charge in [-0.15, -0.1) is 0 Å². The van der Waals surface area contributed by atoms with Gasteiger partial charge in [-0.3, -0.25) is 4.79 Å². The lowest BCUT2D eigenvalue weighted by atomic mass is 10.2. The second-order valence-electron chi connectivity index (χ2n) is 4.11. The van der Waals surface area contributed by atoms with Crippen molar-refractivity contribution in [2.45, 2.75) is 38.9 Å². The normalized spacial score (nSPS) is 27.7. The highest BCUT2D eigenvalue weighted by Crippen LogP contribution is 2.23. The van der Waals surface area contributed by atoms with Gasteiger partial charge in [-0.2, -0.15) is 11.8 Å². The summed E-state index contributed by atoms with van der Waals surface area (Å²) in [5.74, 6) is 1.68. The van der Waals surface area contributed by atoms with Crippen LogP contribution in [0.3, 0.4) is 0 Å². The largest absolute Gasteiger partial charge is 0.469 e. The van der Waals surface area contributed by atoms with Gasteiger partial charge >= 0.3 is 5.97 Å². The molecule has 3 nitrogen and oxygen atoms in total. The molecule has 1 aliphatic rings. The van der Waals surface area contributed by atoms with E-state index in [1.807, 2.05) is 6.92 Å². The number of hydrogen-bond acceptors (Lipinski definition) is 4. The Labute approximate surface area is 95.9 Å². The van der Waals surface area contributed by atoms with E-state index < -0.39 is 0 Å². The average Bonchev–Trinajstić information content (AvgIpc) is 2.63. The maximum atomic E-state index is 11.1. The molecule has 1 fully saturated rings. The van der Waals surface area contributed by atoms with Crippen LogP contribution in [0.4, 0.5) is 0 Å². The quantitative estimate of drug-likeness (QED) is 0.680. The van der Waals surface area contributed by atoms with E-state index in [0.717, 1.165) is 24.3 Å². The van der Waals surface area contributed by atoms with Crippen molar-refractivity contribution in [3.8, 4) is 0 Å². The molecule has 0 bridgehead atoms. The molecule has 1 rings (SSSR count). The molecule has 0 N–H and O–H groups in total. The summed E-state index contributed by atoms with van der Waals surface area (Å²) in [5, 5.41) is 0. The van der Waals surface area contributed by atoms with Crippen molar-refractivity contribution in [3.05, 3.63) is 0 Å². The third-order valence-electron chi connectivity index (χ3n) is 2.60. The van der Waals surface area contributed by atoms with Crippen molar-refractivity contribution in [1.82, 2.24) is 0 Å². The number of thioether (sulfide) groups is 1. The Balaban J connectivity index is 2.08. The number of methoxy groups -OCH3 is 1. The summed E-state index contributed by atoms with van der Waals surface area (Å²) in [4.78, 5) is 11.1. The van der Waals surface area contributed by atoms with Crippen LogP contribution >= 0.6 is 11.8 Å². The Morgan fingerprint density at radius 2 is 2.33 bits per heavy atom. The van der Waals surface area contributed by atoms with E-state index in [4.69, 9.17) is 4.74 Å². The highest BCUT2D eigenvalue weighted by Gasteiger charge is 2.22. The first-order valence-corrected chi connectivity index (χ1v) is 6.60. The number of carbonyl (C=O) groups excluding carboxylic acids is 1. The maximum absolute atomic E-state index is 11.1.